The average Bonchev–Trinajstić information content (AvgIpc) is 2.72. The van der Waals surface area contributed by atoms with Crippen LogP contribution in [0.3, 0.4) is 0 Å². The second kappa shape index (κ2) is 11.2. The first-order valence-electron chi connectivity index (χ1n) is 9.22. The Morgan fingerprint density at radius 3 is 2.45 bits per heavy atom. The third-order valence-corrected chi connectivity index (χ3v) is 4.82. The summed E-state index contributed by atoms with van der Waals surface area (Å²) in [5.74, 6) is 1.06. The van der Waals surface area contributed by atoms with E-state index in [2.05, 4.69) is 5.32 Å². The number of carbonyl (C=O) groups is 2. The quantitative estimate of drug-likeness (QED) is 0.491. The summed E-state index contributed by atoms with van der Waals surface area (Å²) >= 11 is 1.13. The van der Waals surface area contributed by atoms with Gasteiger partial charge in [-0.3, -0.25) is 9.59 Å². The molecule has 0 saturated heterocycles. The third kappa shape index (κ3) is 7.19. The molecule has 7 heteroatoms. The van der Waals surface area contributed by atoms with Crippen molar-refractivity contribution in [1.29, 1.82) is 0 Å². The number of hydrogen-bond donors (Lipinski definition) is 1. The lowest BCUT2D eigenvalue weighted by Gasteiger charge is -2.10. The van der Waals surface area contributed by atoms with E-state index >= 15 is 0 Å². The van der Waals surface area contributed by atoms with Crippen molar-refractivity contribution in [3.63, 3.8) is 0 Å². The molecule has 2 aromatic rings. The summed E-state index contributed by atoms with van der Waals surface area (Å²) in [6.07, 6.45) is 4.08. The lowest BCUT2D eigenvalue weighted by atomic mass is 10.2. The molecule has 1 N–H and O–H groups in total. The van der Waals surface area contributed by atoms with Crippen LogP contribution in [0.2, 0.25) is 0 Å². The Kier molecular flexibility index (Phi) is 8.61. The zero-order valence-electron chi connectivity index (χ0n) is 17.1. The number of nitrogens with one attached hydrogen (secondary N) is 1. The van der Waals surface area contributed by atoms with Gasteiger partial charge < -0.3 is 19.7 Å². The maximum atomic E-state index is 12.2. The number of anilines is 1. The van der Waals surface area contributed by atoms with Gasteiger partial charge >= 0.3 is 0 Å². The second-order valence-electron chi connectivity index (χ2n) is 6.37. The monoisotopic (exact) mass is 414 g/mol. The number of nitrogens with zero attached hydrogens (tertiary/aromatic N) is 1. The van der Waals surface area contributed by atoms with Crippen molar-refractivity contribution in [3.8, 4) is 11.5 Å². The van der Waals surface area contributed by atoms with Crippen molar-refractivity contribution in [2.45, 2.75) is 18.2 Å². The molecule has 2 amide bonds. The summed E-state index contributed by atoms with van der Waals surface area (Å²) < 4.78 is 11.0. The van der Waals surface area contributed by atoms with E-state index in [0.29, 0.717) is 23.8 Å². The molecule has 0 atom stereocenters. The smallest absolute Gasteiger partial charge is 0.285 e. The molecule has 0 radical (unpaired) electrons. The molecule has 0 aliphatic rings. The Labute approximate surface area is 175 Å². The minimum atomic E-state index is -0.250. The fourth-order valence-corrected chi connectivity index (χ4v) is 2.93. The molecule has 0 bridgehead atoms. The fraction of sp³-hybridized carbons (Fsp3) is 0.273. The Bertz CT molecular complexity index is 864. The molecule has 0 heterocycles. The van der Waals surface area contributed by atoms with Crippen LogP contribution < -0.4 is 14.8 Å². The van der Waals surface area contributed by atoms with Crippen LogP contribution in [0.5, 0.6) is 11.5 Å². The Hall–Kier alpha value is -2.93. The average molecular weight is 415 g/mol. The lowest BCUT2D eigenvalue weighted by Crippen LogP contribution is -2.16. The van der Waals surface area contributed by atoms with Gasteiger partial charge in [0, 0.05) is 30.8 Å². The number of thioether (sulfide) groups is 1. The second-order valence-corrected chi connectivity index (χ2v) is 7.39. The van der Waals surface area contributed by atoms with Crippen LogP contribution in [0.25, 0.3) is 6.08 Å². The van der Waals surface area contributed by atoms with Gasteiger partial charge in [-0.15, -0.1) is 0 Å². The predicted octanol–water partition coefficient (Wildman–Crippen LogP) is 4.91. The van der Waals surface area contributed by atoms with E-state index in [9.17, 15) is 9.59 Å². The van der Waals surface area contributed by atoms with Crippen molar-refractivity contribution in [2.24, 2.45) is 0 Å². The van der Waals surface area contributed by atoms with Crippen molar-refractivity contribution >= 4 is 34.7 Å². The summed E-state index contributed by atoms with van der Waals surface area (Å²) in [5.41, 5.74) is 1.48. The van der Waals surface area contributed by atoms with Gasteiger partial charge in [0.1, 0.15) is 0 Å². The topological polar surface area (TPSA) is 67.9 Å². The zero-order chi connectivity index (χ0) is 21.2. The molecule has 29 heavy (non-hydrogen) atoms. The van der Waals surface area contributed by atoms with Crippen LogP contribution in [0.15, 0.2) is 53.4 Å². The maximum absolute atomic E-state index is 12.2. The minimum Gasteiger partial charge on any atom is -0.493 e. The third-order valence-electron chi connectivity index (χ3n) is 3.77. The number of benzene rings is 2. The van der Waals surface area contributed by atoms with Gasteiger partial charge in [0.25, 0.3) is 5.24 Å². The highest BCUT2D eigenvalue weighted by Crippen LogP contribution is 2.28. The standard InChI is InChI=1S/C22H26N2O4S/c1-5-14-28-19-12-6-16(15-20(19)27-4)7-13-21(25)23-17-8-10-18(11-9-17)29-22(26)24(2)3/h6-13,15H,5,14H2,1-4H3,(H,23,25)/b13-7+. The van der Waals surface area contributed by atoms with Crippen molar-refractivity contribution < 1.29 is 19.1 Å². The van der Waals surface area contributed by atoms with Crippen LogP contribution in [-0.2, 0) is 4.79 Å². The van der Waals surface area contributed by atoms with Crippen molar-refractivity contribution in [3.05, 3.63) is 54.1 Å². The summed E-state index contributed by atoms with van der Waals surface area (Å²) in [6, 6.07) is 12.6. The van der Waals surface area contributed by atoms with Crippen LogP contribution in [0.1, 0.15) is 18.9 Å². The molecule has 0 saturated carbocycles. The molecule has 0 aliphatic heterocycles. The number of carbonyl (C=O) groups excluding carboxylic acids is 2. The highest BCUT2D eigenvalue weighted by molar-refractivity contribution is 8.13. The van der Waals surface area contributed by atoms with E-state index in [1.54, 1.807) is 51.5 Å². The number of amides is 2. The van der Waals surface area contributed by atoms with E-state index < -0.39 is 0 Å². The first-order valence-corrected chi connectivity index (χ1v) is 10.0. The summed E-state index contributed by atoms with van der Waals surface area (Å²) in [7, 11) is 5.00. The van der Waals surface area contributed by atoms with Gasteiger partial charge in [0.15, 0.2) is 11.5 Å². The Balaban J connectivity index is 1.96. The number of hydrogen-bond acceptors (Lipinski definition) is 5. The van der Waals surface area contributed by atoms with Gasteiger partial charge in [-0.05, 0) is 66.2 Å². The van der Waals surface area contributed by atoms with Gasteiger partial charge in [-0.2, -0.15) is 0 Å². The SMILES string of the molecule is CCCOc1ccc(/C=C/C(=O)Nc2ccc(SC(=O)N(C)C)cc2)cc1OC. The van der Waals surface area contributed by atoms with E-state index in [0.717, 1.165) is 28.6 Å². The molecule has 6 nitrogen and oxygen atoms in total. The van der Waals surface area contributed by atoms with Gasteiger partial charge in [0.05, 0.1) is 13.7 Å². The van der Waals surface area contributed by atoms with E-state index in [1.807, 2.05) is 25.1 Å². The molecular formula is C22H26N2O4S. The molecule has 0 aromatic heterocycles. The Morgan fingerprint density at radius 2 is 1.83 bits per heavy atom. The molecular weight excluding hydrogens is 388 g/mol. The normalized spacial score (nSPS) is 10.6. The van der Waals surface area contributed by atoms with Crippen molar-refractivity contribution in [1.82, 2.24) is 4.90 Å². The summed E-state index contributed by atoms with van der Waals surface area (Å²) in [6.45, 7) is 2.66. The first kappa shape index (κ1) is 22.4. The molecule has 2 rings (SSSR count). The lowest BCUT2D eigenvalue weighted by molar-refractivity contribution is -0.111. The van der Waals surface area contributed by atoms with Crippen LogP contribution in [0.4, 0.5) is 10.5 Å². The van der Waals surface area contributed by atoms with Gasteiger partial charge in [-0.25, -0.2) is 0 Å². The molecule has 0 fully saturated rings. The van der Waals surface area contributed by atoms with Gasteiger partial charge in [-0.1, -0.05) is 13.0 Å². The van der Waals surface area contributed by atoms with E-state index in [1.165, 1.54) is 11.0 Å². The highest BCUT2D eigenvalue weighted by atomic mass is 32.2. The van der Waals surface area contributed by atoms with Crippen LogP contribution in [0, 0.1) is 0 Å². The molecule has 0 spiro atoms. The molecule has 2 aromatic carbocycles. The molecule has 0 unspecified atom stereocenters. The van der Waals surface area contributed by atoms with Crippen LogP contribution in [-0.4, -0.2) is 43.9 Å². The van der Waals surface area contributed by atoms with Crippen molar-refractivity contribution in [2.75, 3.05) is 33.1 Å². The fourth-order valence-electron chi connectivity index (χ4n) is 2.27. The molecule has 154 valence electrons. The van der Waals surface area contributed by atoms with E-state index in [4.69, 9.17) is 9.47 Å². The highest BCUT2D eigenvalue weighted by Gasteiger charge is 2.07. The summed E-state index contributed by atoms with van der Waals surface area (Å²) in [4.78, 5) is 26.2. The summed E-state index contributed by atoms with van der Waals surface area (Å²) in [5, 5.41) is 2.75. The predicted molar refractivity (Wildman–Crippen MR) is 118 cm³/mol. The Morgan fingerprint density at radius 1 is 1.10 bits per heavy atom. The zero-order valence-corrected chi connectivity index (χ0v) is 17.9. The number of rotatable bonds is 8. The maximum Gasteiger partial charge on any atom is 0.285 e. The largest absolute Gasteiger partial charge is 0.493 e. The van der Waals surface area contributed by atoms with E-state index in [-0.39, 0.29) is 11.1 Å². The number of ether oxygens (including phenoxy) is 2. The van der Waals surface area contributed by atoms with Crippen LogP contribution >= 0.6 is 11.8 Å². The first-order chi connectivity index (χ1) is 13.9. The minimum absolute atomic E-state index is 0.0498. The van der Waals surface area contributed by atoms with Gasteiger partial charge in [0.2, 0.25) is 5.91 Å². The molecule has 0 aliphatic carbocycles. The number of methoxy groups -OCH3 is 1.